The van der Waals surface area contributed by atoms with Crippen LogP contribution in [0.25, 0.3) is 0 Å². The average Bonchev–Trinajstić information content (AvgIpc) is 2.72. The largest absolute Gasteiger partial charge is 0.386 e. The minimum atomic E-state index is -3.56. The zero-order valence-electron chi connectivity index (χ0n) is 12.2. The topological polar surface area (TPSA) is 130 Å². The second-order valence-corrected chi connectivity index (χ2v) is 9.25. The predicted octanol–water partition coefficient (Wildman–Crippen LogP) is 0.530. The molecule has 7 nitrogen and oxygen atoms in total. The van der Waals surface area contributed by atoms with E-state index < -0.39 is 32.8 Å². The van der Waals surface area contributed by atoms with Crippen molar-refractivity contribution in [3.05, 3.63) is 11.6 Å². The fourth-order valence-corrected chi connectivity index (χ4v) is 4.19. The van der Waals surface area contributed by atoms with E-state index in [9.17, 15) is 23.4 Å². The van der Waals surface area contributed by atoms with Gasteiger partial charge >= 0.3 is 0 Å². The van der Waals surface area contributed by atoms with Crippen LogP contribution < -0.4 is 11.1 Å². The molecule has 9 heteroatoms. The van der Waals surface area contributed by atoms with Gasteiger partial charge in [0.05, 0.1) is 10.8 Å². The normalized spacial score (nSPS) is 14.2. The number of amides is 1. The molecule has 1 aromatic heterocycles. The van der Waals surface area contributed by atoms with Crippen molar-refractivity contribution in [2.45, 2.75) is 49.0 Å². The molecule has 0 saturated heterocycles. The summed E-state index contributed by atoms with van der Waals surface area (Å²) >= 11 is 0.797. The number of thiophene rings is 1. The molecule has 0 spiro atoms. The molecule has 1 amide bonds. The highest BCUT2D eigenvalue weighted by atomic mass is 32.2. The molecule has 0 fully saturated rings. The summed E-state index contributed by atoms with van der Waals surface area (Å²) in [5.41, 5.74) is 3.71. The number of anilines is 1. The van der Waals surface area contributed by atoms with Crippen molar-refractivity contribution >= 4 is 32.1 Å². The maximum absolute atomic E-state index is 12.1. The van der Waals surface area contributed by atoms with E-state index in [0.29, 0.717) is 0 Å². The van der Waals surface area contributed by atoms with Crippen molar-refractivity contribution in [3.8, 4) is 0 Å². The van der Waals surface area contributed by atoms with E-state index in [1.165, 1.54) is 33.8 Å². The van der Waals surface area contributed by atoms with Gasteiger partial charge in [-0.15, -0.1) is 11.3 Å². The standard InChI is InChI=1S/C12H20N2O5S2/c1-6(2)21(18,19)8-5-7(9(13)15)10(20-8)14-11(16)12(3,4)17/h5-6,11,14,16-17H,1-4H3,(H2,13,15). The molecule has 0 aliphatic rings. The molecule has 120 valence electrons. The lowest BCUT2D eigenvalue weighted by Gasteiger charge is -2.25. The van der Waals surface area contributed by atoms with Gasteiger partial charge in [-0.25, -0.2) is 8.42 Å². The summed E-state index contributed by atoms with van der Waals surface area (Å²) in [6.07, 6.45) is -1.39. The van der Waals surface area contributed by atoms with Gasteiger partial charge in [0.1, 0.15) is 14.8 Å². The van der Waals surface area contributed by atoms with E-state index >= 15 is 0 Å². The first kappa shape index (κ1) is 17.9. The zero-order chi connectivity index (χ0) is 16.6. The molecule has 0 aromatic carbocycles. The molecule has 5 N–H and O–H groups in total. The van der Waals surface area contributed by atoms with Crippen LogP contribution in [0, 0.1) is 0 Å². The lowest BCUT2D eigenvalue weighted by atomic mass is 10.1. The van der Waals surface area contributed by atoms with E-state index in [-0.39, 0.29) is 14.8 Å². The maximum atomic E-state index is 12.1. The average molecular weight is 336 g/mol. The lowest BCUT2D eigenvalue weighted by molar-refractivity contribution is -0.0324. The Morgan fingerprint density at radius 2 is 1.95 bits per heavy atom. The van der Waals surface area contributed by atoms with Gasteiger partial charge in [-0.1, -0.05) is 0 Å². The van der Waals surface area contributed by atoms with Crippen LogP contribution in [0.2, 0.25) is 0 Å². The number of hydrogen-bond donors (Lipinski definition) is 4. The Kier molecular flexibility index (Phi) is 5.04. The number of carbonyl (C=O) groups is 1. The van der Waals surface area contributed by atoms with E-state index in [1.807, 2.05) is 0 Å². The molecule has 1 atom stereocenters. The van der Waals surface area contributed by atoms with Crippen molar-refractivity contribution < 1.29 is 23.4 Å². The molecule has 0 radical (unpaired) electrons. The second kappa shape index (κ2) is 5.91. The molecule has 0 bridgehead atoms. The molecular weight excluding hydrogens is 316 g/mol. The van der Waals surface area contributed by atoms with Crippen molar-refractivity contribution in [1.82, 2.24) is 0 Å². The molecular formula is C12H20N2O5S2. The van der Waals surface area contributed by atoms with Crippen LogP contribution in [0.1, 0.15) is 38.1 Å². The van der Waals surface area contributed by atoms with Crippen molar-refractivity contribution in [3.63, 3.8) is 0 Å². The van der Waals surface area contributed by atoms with Crippen molar-refractivity contribution in [2.75, 3.05) is 5.32 Å². The smallest absolute Gasteiger partial charge is 0.251 e. The van der Waals surface area contributed by atoms with Crippen LogP contribution >= 0.6 is 11.3 Å². The highest BCUT2D eigenvalue weighted by Gasteiger charge is 2.29. The number of aliphatic hydroxyl groups excluding tert-OH is 1. The van der Waals surface area contributed by atoms with Gasteiger partial charge in [-0.05, 0) is 33.8 Å². The van der Waals surface area contributed by atoms with E-state index in [4.69, 9.17) is 5.73 Å². The highest BCUT2D eigenvalue weighted by molar-refractivity contribution is 7.94. The van der Waals surface area contributed by atoms with Crippen LogP contribution in [-0.4, -0.2) is 41.6 Å². The SMILES string of the molecule is CC(C)S(=O)(=O)c1cc(C(N)=O)c(NC(O)C(C)(C)O)s1. The van der Waals surface area contributed by atoms with Gasteiger partial charge in [-0.3, -0.25) is 4.79 Å². The molecule has 0 aliphatic heterocycles. The summed E-state index contributed by atoms with van der Waals surface area (Å²) in [4.78, 5) is 11.4. The van der Waals surface area contributed by atoms with Gasteiger partial charge in [0.25, 0.3) is 5.91 Å². The summed E-state index contributed by atoms with van der Waals surface area (Å²) in [6.45, 7) is 5.79. The first-order chi connectivity index (χ1) is 9.37. The minimum Gasteiger partial charge on any atom is -0.386 e. The number of sulfone groups is 1. The summed E-state index contributed by atoms with van der Waals surface area (Å²) in [7, 11) is -3.56. The van der Waals surface area contributed by atoms with E-state index in [2.05, 4.69) is 5.32 Å². The number of primary amides is 1. The van der Waals surface area contributed by atoms with Gasteiger partial charge in [0.2, 0.25) is 0 Å². The van der Waals surface area contributed by atoms with Crippen LogP contribution in [0.4, 0.5) is 5.00 Å². The molecule has 0 aliphatic carbocycles. The maximum Gasteiger partial charge on any atom is 0.251 e. The lowest BCUT2D eigenvalue weighted by Crippen LogP contribution is -2.41. The Balaban J connectivity index is 3.28. The summed E-state index contributed by atoms with van der Waals surface area (Å²) < 4.78 is 24.2. The number of aliphatic hydroxyl groups is 2. The quantitative estimate of drug-likeness (QED) is 0.561. The molecule has 1 rings (SSSR count). The summed E-state index contributed by atoms with van der Waals surface area (Å²) in [5.74, 6) is -0.818. The number of carbonyl (C=O) groups excluding carboxylic acids is 1. The van der Waals surface area contributed by atoms with Gasteiger partial charge in [-0.2, -0.15) is 0 Å². The van der Waals surface area contributed by atoms with Crippen LogP contribution in [0.15, 0.2) is 10.3 Å². The third kappa shape index (κ3) is 3.94. The fraction of sp³-hybridized carbons (Fsp3) is 0.583. The van der Waals surface area contributed by atoms with E-state index in [0.717, 1.165) is 11.3 Å². The number of hydrogen-bond acceptors (Lipinski definition) is 7. The van der Waals surface area contributed by atoms with Crippen molar-refractivity contribution in [2.24, 2.45) is 5.73 Å². The van der Waals surface area contributed by atoms with Crippen molar-refractivity contribution in [1.29, 1.82) is 0 Å². The monoisotopic (exact) mass is 336 g/mol. The van der Waals surface area contributed by atoms with Crippen LogP contribution in [0.5, 0.6) is 0 Å². The number of rotatable bonds is 6. The van der Waals surface area contributed by atoms with Gasteiger partial charge in [0, 0.05) is 0 Å². The highest BCUT2D eigenvalue weighted by Crippen LogP contribution is 2.34. The number of nitrogens with two attached hydrogens (primary N) is 1. The Morgan fingerprint density at radius 1 is 1.43 bits per heavy atom. The van der Waals surface area contributed by atoms with Crippen LogP contribution in [-0.2, 0) is 9.84 Å². The second-order valence-electron chi connectivity index (χ2n) is 5.47. The molecule has 1 aromatic rings. The van der Waals surface area contributed by atoms with Gasteiger partial charge in [0.15, 0.2) is 16.1 Å². The first-order valence-electron chi connectivity index (χ1n) is 6.22. The van der Waals surface area contributed by atoms with Gasteiger partial charge < -0.3 is 21.3 Å². The van der Waals surface area contributed by atoms with Crippen LogP contribution in [0.3, 0.4) is 0 Å². The third-order valence-corrected chi connectivity index (χ3v) is 6.54. The summed E-state index contributed by atoms with van der Waals surface area (Å²) in [5, 5.41) is 21.5. The number of nitrogens with one attached hydrogen (secondary N) is 1. The predicted molar refractivity (Wildman–Crippen MR) is 81.1 cm³/mol. The summed E-state index contributed by atoms with van der Waals surface area (Å²) in [6, 6.07) is 1.18. The Hall–Kier alpha value is -1.16. The third-order valence-electron chi connectivity index (χ3n) is 2.81. The molecule has 1 heterocycles. The fourth-order valence-electron chi connectivity index (χ4n) is 1.33. The zero-order valence-corrected chi connectivity index (χ0v) is 13.9. The Morgan fingerprint density at radius 3 is 2.33 bits per heavy atom. The first-order valence-corrected chi connectivity index (χ1v) is 8.58. The minimum absolute atomic E-state index is 0.0169. The Bertz CT molecular complexity index is 629. The molecule has 1 unspecified atom stereocenters. The molecule has 0 saturated carbocycles. The van der Waals surface area contributed by atoms with E-state index in [1.54, 1.807) is 0 Å². The molecule has 21 heavy (non-hydrogen) atoms. The Labute approximate surface area is 127 Å².